The zero-order valence-corrected chi connectivity index (χ0v) is 15.3. The molecular weight excluding hydrogens is 344 g/mol. The normalized spacial score (nSPS) is 18.2. The van der Waals surface area contributed by atoms with Gasteiger partial charge in [-0.05, 0) is 25.1 Å². The van der Waals surface area contributed by atoms with Gasteiger partial charge in [-0.3, -0.25) is 4.90 Å². The molecule has 1 saturated heterocycles. The van der Waals surface area contributed by atoms with Crippen LogP contribution in [0.4, 0.5) is 0 Å². The van der Waals surface area contributed by atoms with Crippen LogP contribution in [0.3, 0.4) is 0 Å². The fourth-order valence-corrected chi connectivity index (χ4v) is 3.54. The summed E-state index contributed by atoms with van der Waals surface area (Å²) in [6.07, 6.45) is 0. The second-order valence-corrected chi connectivity index (χ2v) is 7.37. The van der Waals surface area contributed by atoms with Crippen LogP contribution in [-0.2, 0) is 0 Å². The Morgan fingerprint density at radius 1 is 1.36 bits per heavy atom. The van der Waals surface area contributed by atoms with Crippen LogP contribution in [0.25, 0.3) is 0 Å². The van der Waals surface area contributed by atoms with Crippen molar-refractivity contribution >= 4 is 15.9 Å². The maximum absolute atomic E-state index is 9.95. The van der Waals surface area contributed by atoms with E-state index in [2.05, 4.69) is 46.1 Å². The summed E-state index contributed by atoms with van der Waals surface area (Å²) in [5.74, 6) is 0.913. The molecule has 1 aliphatic rings. The molecule has 2 rings (SSSR count). The number of halogens is 1. The zero-order valence-electron chi connectivity index (χ0n) is 13.7. The standard InChI is InChI=1S/C17H27BrN2O2/c1-4-22-15-6-5-13(18)11-14(15)16(17(2,3)12-21)20-9-7-19-8-10-20/h5-6,11,16,19,21H,4,7-10,12H2,1-3H3/t16-/m0/s1. The first-order valence-corrected chi connectivity index (χ1v) is 8.76. The second-order valence-electron chi connectivity index (χ2n) is 6.45. The molecular formula is C17H27BrN2O2. The van der Waals surface area contributed by atoms with Crippen molar-refractivity contribution in [2.24, 2.45) is 5.41 Å². The monoisotopic (exact) mass is 370 g/mol. The van der Waals surface area contributed by atoms with Gasteiger partial charge in [-0.1, -0.05) is 29.8 Å². The topological polar surface area (TPSA) is 44.7 Å². The number of ether oxygens (including phenoxy) is 1. The van der Waals surface area contributed by atoms with Gasteiger partial charge in [0.05, 0.1) is 6.61 Å². The highest BCUT2D eigenvalue weighted by Gasteiger charge is 2.37. The summed E-state index contributed by atoms with van der Waals surface area (Å²) in [4.78, 5) is 2.46. The minimum atomic E-state index is -0.246. The molecule has 1 aromatic carbocycles. The first kappa shape index (κ1) is 17.7. The lowest BCUT2D eigenvalue weighted by atomic mass is 9.79. The quantitative estimate of drug-likeness (QED) is 0.807. The molecule has 0 bridgehead atoms. The van der Waals surface area contributed by atoms with Crippen molar-refractivity contribution in [3.63, 3.8) is 0 Å². The van der Waals surface area contributed by atoms with Crippen LogP contribution in [0.2, 0.25) is 0 Å². The highest BCUT2D eigenvalue weighted by molar-refractivity contribution is 9.10. The minimum absolute atomic E-state index is 0.124. The Balaban J connectivity index is 2.45. The van der Waals surface area contributed by atoms with Gasteiger partial charge in [0.2, 0.25) is 0 Å². The van der Waals surface area contributed by atoms with E-state index < -0.39 is 0 Å². The number of benzene rings is 1. The van der Waals surface area contributed by atoms with Crippen molar-refractivity contribution in [1.82, 2.24) is 10.2 Å². The number of aliphatic hydroxyl groups excluding tert-OH is 1. The third-order valence-electron chi connectivity index (χ3n) is 4.23. The molecule has 1 aromatic rings. The van der Waals surface area contributed by atoms with E-state index in [-0.39, 0.29) is 18.1 Å². The first-order valence-electron chi connectivity index (χ1n) is 7.97. The van der Waals surface area contributed by atoms with Gasteiger partial charge >= 0.3 is 0 Å². The van der Waals surface area contributed by atoms with Gasteiger partial charge in [-0.25, -0.2) is 0 Å². The van der Waals surface area contributed by atoms with E-state index in [0.29, 0.717) is 6.61 Å². The van der Waals surface area contributed by atoms with Crippen LogP contribution in [-0.4, -0.2) is 49.4 Å². The van der Waals surface area contributed by atoms with Crippen molar-refractivity contribution in [3.05, 3.63) is 28.2 Å². The Labute approximate surface area is 142 Å². The molecule has 0 radical (unpaired) electrons. The zero-order chi connectivity index (χ0) is 16.2. The van der Waals surface area contributed by atoms with E-state index in [1.807, 2.05) is 19.1 Å². The maximum atomic E-state index is 9.95. The van der Waals surface area contributed by atoms with E-state index in [1.165, 1.54) is 0 Å². The van der Waals surface area contributed by atoms with Crippen molar-refractivity contribution in [2.75, 3.05) is 39.4 Å². The summed E-state index contributed by atoms with van der Waals surface area (Å²) in [5.41, 5.74) is 0.904. The third-order valence-corrected chi connectivity index (χ3v) is 4.72. The van der Waals surface area contributed by atoms with E-state index in [9.17, 15) is 5.11 Å². The third kappa shape index (κ3) is 4.02. The smallest absolute Gasteiger partial charge is 0.124 e. The molecule has 0 unspecified atom stereocenters. The molecule has 5 heteroatoms. The lowest BCUT2D eigenvalue weighted by Crippen LogP contribution is -2.49. The number of nitrogens with one attached hydrogen (secondary N) is 1. The predicted octanol–water partition coefficient (Wildman–Crippen LogP) is 2.81. The summed E-state index contributed by atoms with van der Waals surface area (Å²) >= 11 is 3.58. The van der Waals surface area contributed by atoms with E-state index >= 15 is 0 Å². The number of piperazine rings is 1. The number of hydrogen-bond acceptors (Lipinski definition) is 4. The van der Waals surface area contributed by atoms with E-state index in [1.54, 1.807) is 0 Å². The van der Waals surface area contributed by atoms with Gasteiger partial charge in [0.15, 0.2) is 0 Å². The molecule has 1 fully saturated rings. The summed E-state index contributed by atoms with van der Waals surface area (Å²) in [7, 11) is 0. The summed E-state index contributed by atoms with van der Waals surface area (Å²) in [5, 5.41) is 13.3. The molecule has 124 valence electrons. The maximum Gasteiger partial charge on any atom is 0.124 e. The molecule has 1 heterocycles. The number of hydrogen-bond donors (Lipinski definition) is 2. The van der Waals surface area contributed by atoms with Crippen LogP contribution in [0, 0.1) is 5.41 Å². The lowest BCUT2D eigenvalue weighted by Gasteiger charge is -2.44. The number of rotatable bonds is 6. The first-order chi connectivity index (χ1) is 10.5. The Hall–Kier alpha value is -0.620. The fraction of sp³-hybridized carbons (Fsp3) is 0.647. The van der Waals surface area contributed by atoms with Gasteiger partial charge in [0, 0.05) is 54.3 Å². The molecule has 1 aliphatic heterocycles. The summed E-state index contributed by atoms with van der Waals surface area (Å²) in [6, 6.07) is 6.29. The second kappa shape index (κ2) is 7.77. The van der Waals surface area contributed by atoms with Crippen LogP contribution in [0.5, 0.6) is 5.75 Å². The molecule has 0 amide bonds. The van der Waals surface area contributed by atoms with Gasteiger partial charge < -0.3 is 15.2 Å². The highest BCUT2D eigenvalue weighted by Crippen LogP contribution is 2.43. The number of aliphatic hydroxyl groups is 1. The van der Waals surface area contributed by atoms with Crippen molar-refractivity contribution in [2.45, 2.75) is 26.8 Å². The molecule has 1 atom stereocenters. The van der Waals surface area contributed by atoms with Gasteiger partial charge in [-0.15, -0.1) is 0 Å². The van der Waals surface area contributed by atoms with Gasteiger partial charge in [0.25, 0.3) is 0 Å². The minimum Gasteiger partial charge on any atom is -0.494 e. The SMILES string of the molecule is CCOc1ccc(Br)cc1[C@H](N1CCNCC1)C(C)(C)CO. The Kier molecular flexibility index (Phi) is 6.26. The van der Waals surface area contributed by atoms with Crippen LogP contribution >= 0.6 is 15.9 Å². The molecule has 0 aromatic heterocycles. The van der Waals surface area contributed by atoms with Crippen molar-refractivity contribution < 1.29 is 9.84 Å². The van der Waals surface area contributed by atoms with Crippen LogP contribution < -0.4 is 10.1 Å². The predicted molar refractivity (Wildman–Crippen MR) is 93.4 cm³/mol. The largest absolute Gasteiger partial charge is 0.494 e. The Bertz CT molecular complexity index is 488. The van der Waals surface area contributed by atoms with Crippen molar-refractivity contribution in [1.29, 1.82) is 0 Å². The van der Waals surface area contributed by atoms with Gasteiger partial charge in [-0.2, -0.15) is 0 Å². The van der Waals surface area contributed by atoms with Crippen molar-refractivity contribution in [3.8, 4) is 5.75 Å². The average Bonchev–Trinajstić information content (AvgIpc) is 2.51. The Morgan fingerprint density at radius 3 is 2.64 bits per heavy atom. The van der Waals surface area contributed by atoms with E-state index in [0.717, 1.165) is 42.0 Å². The highest BCUT2D eigenvalue weighted by atomic mass is 79.9. The van der Waals surface area contributed by atoms with Crippen LogP contribution in [0.15, 0.2) is 22.7 Å². The molecule has 0 spiro atoms. The lowest BCUT2D eigenvalue weighted by molar-refractivity contribution is 0.0290. The molecule has 22 heavy (non-hydrogen) atoms. The Morgan fingerprint density at radius 2 is 2.05 bits per heavy atom. The summed E-state index contributed by atoms with van der Waals surface area (Å²) < 4.78 is 6.90. The average molecular weight is 371 g/mol. The van der Waals surface area contributed by atoms with Gasteiger partial charge in [0.1, 0.15) is 5.75 Å². The number of nitrogens with zero attached hydrogens (tertiary/aromatic N) is 1. The van der Waals surface area contributed by atoms with E-state index in [4.69, 9.17) is 4.74 Å². The fourth-order valence-electron chi connectivity index (χ4n) is 3.16. The summed E-state index contributed by atoms with van der Waals surface area (Å²) in [6.45, 7) is 10.9. The molecule has 0 saturated carbocycles. The van der Waals surface area contributed by atoms with Crippen LogP contribution in [0.1, 0.15) is 32.4 Å². The molecule has 4 nitrogen and oxygen atoms in total. The molecule has 2 N–H and O–H groups in total. The molecule has 0 aliphatic carbocycles.